The van der Waals surface area contributed by atoms with Crippen LogP contribution in [0.1, 0.15) is 25.3 Å². The fourth-order valence-electron chi connectivity index (χ4n) is 1.83. The molecule has 1 heterocycles. The average Bonchev–Trinajstić information content (AvgIpc) is 2.69. The summed E-state index contributed by atoms with van der Waals surface area (Å²) in [5.74, 6) is -0.509. The summed E-state index contributed by atoms with van der Waals surface area (Å²) in [7, 11) is 0. The first-order valence-corrected chi connectivity index (χ1v) is 7.94. The third-order valence-electron chi connectivity index (χ3n) is 2.95. The largest absolute Gasteiger partial charge is 0.505 e. The number of hydrogen-bond acceptors (Lipinski definition) is 4. The highest BCUT2D eigenvalue weighted by molar-refractivity contribution is 8.18. The van der Waals surface area contributed by atoms with Crippen LogP contribution in [0.3, 0.4) is 0 Å². The van der Waals surface area contributed by atoms with Gasteiger partial charge in [0.05, 0.1) is 15.0 Å². The maximum atomic E-state index is 12.2. The molecular weight excluding hydrogens is 333 g/mol. The van der Waals surface area contributed by atoms with Crippen LogP contribution in [0.15, 0.2) is 17.0 Å². The number of carbonyl (C=O) groups excluding carboxylic acids is 2. The van der Waals surface area contributed by atoms with Gasteiger partial charge in [-0.1, -0.05) is 36.5 Å². The lowest BCUT2D eigenvalue weighted by Gasteiger charge is -2.10. The van der Waals surface area contributed by atoms with Gasteiger partial charge in [0.1, 0.15) is 0 Å². The lowest BCUT2D eigenvalue weighted by atomic mass is 10.2. The summed E-state index contributed by atoms with van der Waals surface area (Å²) in [6, 6.07) is 2.98. The number of aromatic hydroxyl groups is 1. The van der Waals surface area contributed by atoms with Crippen LogP contribution < -0.4 is 0 Å². The summed E-state index contributed by atoms with van der Waals surface area (Å²) in [4.78, 5) is 25.5. The molecule has 1 saturated heterocycles. The molecular formula is C14H13Cl2NO3S. The number of phenols is 1. The highest BCUT2D eigenvalue weighted by Gasteiger charge is 2.34. The first kappa shape index (κ1) is 16.2. The van der Waals surface area contributed by atoms with Gasteiger partial charge in [-0.05, 0) is 42.0 Å². The van der Waals surface area contributed by atoms with Crippen LogP contribution in [0.2, 0.25) is 10.0 Å². The Hall–Kier alpha value is -1.17. The van der Waals surface area contributed by atoms with Gasteiger partial charge in [-0.25, -0.2) is 0 Å². The fraction of sp³-hybridized carbons (Fsp3) is 0.286. The van der Waals surface area contributed by atoms with Crippen molar-refractivity contribution in [2.45, 2.75) is 19.8 Å². The van der Waals surface area contributed by atoms with Crippen molar-refractivity contribution < 1.29 is 14.7 Å². The predicted molar refractivity (Wildman–Crippen MR) is 85.7 cm³/mol. The van der Waals surface area contributed by atoms with Gasteiger partial charge in [0, 0.05) is 6.54 Å². The molecule has 21 heavy (non-hydrogen) atoms. The Morgan fingerprint density at radius 2 is 1.90 bits per heavy atom. The average molecular weight is 346 g/mol. The molecule has 1 aromatic rings. The molecule has 0 atom stereocenters. The minimum Gasteiger partial charge on any atom is -0.505 e. The maximum Gasteiger partial charge on any atom is 0.293 e. The molecule has 2 amide bonds. The molecule has 0 unspecified atom stereocenters. The Morgan fingerprint density at radius 3 is 2.48 bits per heavy atom. The summed E-state index contributed by atoms with van der Waals surface area (Å²) in [5, 5.41) is 9.43. The van der Waals surface area contributed by atoms with Crippen LogP contribution in [0, 0.1) is 0 Å². The van der Waals surface area contributed by atoms with Gasteiger partial charge < -0.3 is 5.11 Å². The maximum absolute atomic E-state index is 12.2. The first-order chi connectivity index (χ1) is 9.93. The summed E-state index contributed by atoms with van der Waals surface area (Å²) in [5.41, 5.74) is 0.559. The van der Waals surface area contributed by atoms with Gasteiger partial charge >= 0.3 is 0 Å². The zero-order chi connectivity index (χ0) is 15.6. The normalized spacial score (nSPS) is 17.1. The molecule has 0 aromatic heterocycles. The smallest absolute Gasteiger partial charge is 0.293 e. The van der Waals surface area contributed by atoms with E-state index in [4.69, 9.17) is 23.2 Å². The first-order valence-electron chi connectivity index (χ1n) is 6.37. The highest BCUT2D eigenvalue weighted by Crippen LogP contribution is 2.36. The van der Waals surface area contributed by atoms with E-state index in [1.165, 1.54) is 17.0 Å². The van der Waals surface area contributed by atoms with E-state index >= 15 is 0 Å². The predicted octanol–water partition coefficient (Wildman–Crippen LogP) is 4.54. The fourth-order valence-corrected chi connectivity index (χ4v) is 3.20. The highest BCUT2D eigenvalue weighted by atomic mass is 35.5. The molecule has 1 N–H and O–H groups in total. The van der Waals surface area contributed by atoms with Crippen molar-refractivity contribution in [1.82, 2.24) is 4.90 Å². The third-order valence-corrected chi connectivity index (χ3v) is 4.43. The van der Waals surface area contributed by atoms with Crippen LogP contribution in [0.4, 0.5) is 4.79 Å². The zero-order valence-corrected chi connectivity index (χ0v) is 13.6. The van der Waals surface area contributed by atoms with Crippen LogP contribution in [-0.2, 0) is 4.79 Å². The standard InChI is InChI=1S/C14H13Cl2NO3S/c1-2-3-4-17-13(19)11(21-14(17)20)7-8-5-9(15)12(18)10(16)6-8/h5-7,18H,2-4H2,1H3. The van der Waals surface area contributed by atoms with Gasteiger partial charge in [-0.3, -0.25) is 14.5 Å². The van der Waals surface area contributed by atoms with Crippen LogP contribution in [-0.4, -0.2) is 27.7 Å². The Kier molecular flexibility index (Phi) is 5.19. The molecule has 1 fully saturated rings. The Morgan fingerprint density at radius 1 is 1.29 bits per heavy atom. The van der Waals surface area contributed by atoms with Gasteiger partial charge in [-0.15, -0.1) is 0 Å². The second-order valence-electron chi connectivity index (χ2n) is 4.52. The molecule has 0 spiro atoms. The van der Waals surface area contributed by atoms with E-state index in [1.807, 2.05) is 6.92 Å². The van der Waals surface area contributed by atoms with Crippen LogP contribution >= 0.6 is 35.0 Å². The number of thioether (sulfide) groups is 1. The van der Waals surface area contributed by atoms with E-state index < -0.39 is 0 Å². The minimum absolute atomic E-state index is 0.0963. The molecule has 7 heteroatoms. The lowest BCUT2D eigenvalue weighted by Crippen LogP contribution is -2.29. The number of unbranched alkanes of at least 4 members (excludes halogenated alkanes) is 1. The van der Waals surface area contributed by atoms with E-state index in [9.17, 15) is 14.7 Å². The van der Waals surface area contributed by atoms with Crippen molar-refractivity contribution in [2.75, 3.05) is 6.54 Å². The van der Waals surface area contributed by atoms with E-state index in [0.717, 1.165) is 24.6 Å². The molecule has 0 saturated carbocycles. The molecule has 112 valence electrons. The molecule has 1 aliphatic heterocycles. The van der Waals surface area contributed by atoms with E-state index in [0.29, 0.717) is 17.0 Å². The number of amides is 2. The number of phenolic OH excluding ortho intramolecular Hbond substituents is 1. The Balaban J connectivity index is 2.26. The van der Waals surface area contributed by atoms with Gasteiger partial charge in [0.15, 0.2) is 5.75 Å². The lowest BCUT2D eigenvalue weighted by molar-refractivity contribution is -0.122. The summed E-state index contributed by atoms with van der Waals surface area (Å²) >= 11 is 12.6. The molecule has 0 radical (unpaired) electrons. The monoisotopic (exact) mass is 345 g/mol. The van der Waals surface area contributed by atoms with Crippen molar-refractivity contribution >= 4 is 52.2 Å². The number of imide groups is 1. The van der Waals surface area contributed by atoms with E-state index in [2.05, 4.69) is 0 Å². The van der Waals surface area contributed by atoms with Crippen molar-refractivity contribution in [3.63, 3.8) is 0 Å². The second-order valence-corrected chi connectivity index (χ2v) is 6.33. The second kappa shape index (κ2) is 6.73. The van der Waals surface area contributed by atoms with Crippen LogP contribution in [0.25, 0.3) is 6.08 Å². The number of benzene rings is 1. The molecule has 4 nitrogen and oxygen atoms in total. The Bertz CT molecular complexity index is 608. The number of rotatable bonds is 4. The summed E-state index contributed by atoms with van der Waals surface area (Å²) < 4.78 is 0. The van der Waals surface area contributed by atoms with Crippen molar-refractivity contribution in [3.05, 3.63) is 32.6 Å². The van der Waals surface area contributed by atoms with Gasteiger partial charge in [0.2, 0.25) is 0 Å². The molecule has 1 aromatic carbocycles. The van der Waals surface area contributed by atoms with E-state index in [-0.39, 0.29) is 26.9 Å². The van der Waals surface area contributed by atoms with Gasteiger partial charge in [-0.2, -0.15) is 0 Å². The quantitative estimate of drug-likeness (QED) is 0.814. The number of nitrogens with zero attached hydrogens (tertiary/aromatic N) is 1. The third kappa shape index (κ3) is 3.54. The number of carbonyl (C=O) groups is 2. The van der Waals surface area contributed by atoms with Gasteiger partial charge in [0.25, 0.3) is 11.1 Å². The van der Waals surface area contributed by atoms with Crippen molar-refractivity contribution in [3.8, 4) is 5.75 Å². The van der Waals surface area contributed by atoms with E-state index in [1.54, 1.807) is 6.08 Å². The summed E-state index contributed by atoms with van der Waals surface area (Å²) in [6.07, 6.45) is 3.24. The minimum atomic E-state index is -0.307. The van der Waals surface area contributed by atoms with Crippen molar-refractivity contribution in [1.29, 1.82) is 0 Å². The zero-order valence-electron chi connectivity index (χ0n) is 11.2. The summed E-state index contributed by atoms with van der Waals surface area (Å²) in [6.45, 7) is 2.42. The number of hydrogen-bond donors (Lipinski definition) is 1. The SMILES string of the molecule is CCCCN1C(=O)SC(=Cc2cc(Cl)c(O)c(Cl)c2)C1=O. The number of halogens is 2. The van der Waals surface area contributed by atoms with Crippen molar-refractivity contribution in [2.24, 2.45) is 0 Å². The molecule has 0 bridgehead atoms. The van der Waals surface area contributed by atoms with Crippen LogP contribution in [0.5, 0.6) is 5.75 Å². The topological polar surface area (TPSA) is 57.6 Å². The molecule has 2 rings (SSSR count). The Labute approximate surface area is 136 Å². The molecule has 1 aliphatic rings. The molecule has 0 aliphatic carbocycles.